The number of hydrogen-bond donors (Lipinski definition) is 1. The van der Waals surface area contributed by atoms with Gasteiger partial charge in [0.05, 0.1) is 5.69 Å². The topological polar surface area (TPSA) is 47.1 Å². The highest BCUT2D eigenvalue weighted by molar-refractivity contribution is 5.76. The third-order valence-electron chi connectivity index (χ3n) is 2.69. The second-order valence-electron chi connectivity index (χ2n) is 4.43. The molecule has 0 amide bonds. The van der Waals surface area contributed by atoms with Crippen molar-refractivity contribution in [2.45, 2.75) is 6.54 Å². The van der Waals surface area contributed by atoms with E-state index in [1.54, 1.807) is 4.68 Å². The highest BCUT2D eigenvalue weighted by Gasteiger charge is 2.15. The Hall–Kier alpha value is -1.81. The fourth-order valence-corrected chi connectivity index (χ4v) is 1.92. The van der Waals surface area contributed by atoms with Crippen LogP contribution in [0.5, 0.6) is 0 Å². The van der Waals surface area contributed by atoms with Crippen LogP contribution in [0.2, 0.25) is 0 Å². The summed E-state index contributed by atoms with van der Waals surface area (Å²) in [6, 6.07) is 10.2. The van der Waals surface area contributed by atoms with Crippen LogP contribution in [0.25, 0.3) is 11.1 Å². The van der Waals surface area contributed by atoms with Gasteiger partial charge in [0.1, 0.15) is 5.82 Å². The van der Waals surface area contributed by atoms with Gasteiger partial charge >= 0.3 is 0 Å². The maximum Gasteiger partial charge on any atom is 0.129 e. The number of nitrogens with two attached hydrogens (primary N) is 1. The number of hydrogen-bond acceptors (Lipinski definition) is 3. The van der Waals surface area contributed by atoms with Crippen LogP contribution in [0.3, 0.4) is 0 Å². The molecule has 0 radical (unpaired) electrons. The molecule has 0 bridgehead atoms. The fraction of sp³-hybridized carbons (Fsp3) is 0.308. The van der Waals surface area contributed by atoms with Gasteiger partial charge < -0.3 is 10.6 Å². The molecule has 0 aliphatic heterocycles. The lowest BCUT2D eigenvalue weighted by atomic mass is 10.1. The van der Waals surface area contributed by atoms with Gasteiger partial charge in [-0.2, -0.15) is 5.10 Å². The smallest absolute Gasteiger partial charge is 0.129 e. The first-order chi connectivity index (χ1) is 8.09. The van der Waals surface area contributed by atoms with Gasteiger partial charge in [-0.1, -0.05) is 30.3 Å². The summed E-state index contributed by atoms with van der Waals surface area (Å²) in [5, 5.41) is 4.48. The van der Waals surface area contributed by atoms with Gasteiger partial charge in [-0.15, -0.1) is 0 Å². The Bertz CT molecular complexity index is 500. The molecular formula is C13H18N4. The molecule has 1 heterocycles. The molecule has 4 nitrogen and oxygen atoms in total. The van der Waals surface area contributed by atoms with Crippen LogP contribution in [-0.2, 0) is 13.6 Å². The molecule has 1 aromatic heterocycles. The highest BCUT2D eigenvalue weighted by atomic mass is 15.3. The minimum atomic E-state index is 0.716. The Kier molecular flexibility index (Phi) is 3.15. The molecule has 0 saturated carbocycles. The summed E-state index contributed by atoms with van der Waals surface area (Å²) in [5.41, 5.74) is 9.27. The van der Waals surface area contributed by atoms with E-state index < -0.39 is 0 Å². The summed E-state index contributed by atoms with van der Waals surface area (Å²) in [5.74, 6) is 0.716. The zero-order valence-electron chi connectivity index (χ0n) is 10.5. The number of aryl methyl sites for hydroxylation is 1. The van der Waals surface area contributed by atoms with Crippen molar-refractivity contribution in [3.63, 3.8) is 0 Å². The van der Waals surface area contributed by atoms with Gasteiger partial charge in [-0.05, 0) is 19.7 Å². The Balaban J connectivity index is 2.52. The van der Waals surface area contributed by atoms with Crippen LogP contribution in [0.15, 0.2) is 30.3 Å². The molecule has 4 heteroatoms. The Labute approximate surface area is 102 Å². The van der Waals surface area contributed by atoms with Crippen molar-refractivity contribution in [3.05, 3.63) is 36.0 Å². The van der Waals surface area contributed by atoms with Crippen molar-refractivity contribution in [2.75, 3.05) is 19.8 Å². The summed E-state index contributed by atoms with van der Waals surface area (Å²) in [6.07, 6.45) is 0. The van der Waals surface area contributed by atoms with Crippen molar-refractivity contribution in [3.8, 4) is 11.1 Å². The molecule has 17 heavy (non-hydrogen) atoms. The summed E-state index contributed by atoms with van der Waals surface area (Å²) < 4.78 is 1.74. The third-order valence-corrected chi connectivity index (χ3v) is 2.69. The molecular weight excluding hydrogens is 212 g/mol. The molecule has 2 N–H and O–H groups in total. The summed E-state index contributed by atoms with van der Waals surface area (Å²) in [6.45, 7) is 0.787. The Morgan fingerprint density at radius 3 is 2.47 bits per heavy atom. The van der Waals surface area contributed by atoms with Gasteiger partial charge in [-0.3, -0.25) is 4.68 Å². The van der Waals surface area contributed by atoms with E-state index in [4.69, 9.17) is 5.73 Å². The van der Waals surface area contributed by atoms with E-state index in [9.17, 15) is 0 Å². The van der Waals surface area contributed by atoms with Crippen molar-refractivity contribution in [1.29, 1.82) is 0 Å². The van der Waals surface area contributed by atoms with Crippen LogP contribution >= 0.6 is 0 Å². The zero-order valence-corrected chi connectivity index (χ0v) is 10.5. The number of benzene rings is 1. The quantitative estimate of drug-likeness (QED) is 0.873. The number of rotatable bonds is 3. The largest absolute Gasteiger partial charge is 0.383 e. The third kappa shape index (κ3) is 2.31. The minimum Gasteiger partial charge on any atom is -0.383 e. The lowest BCUT2D eigenvalue weighted by Crippen LogP contribution is -2.12. The van der Waals surface area contributed by atoms with Gasteiger partial charge in [0.2, 0.25) is 0 Å². The summed E-state index contributed by atoms with van der Waals surface area (Å²) in [7, 11) is 5.93. The van der Waals surface area contributed by atoms with Crippen molar-refractivity contribution in [2.24, 2.45) is 7.05 Å². The highest BCUT2D eigenvalue weighted by Crippen LogP contribution is 2.29. The summed E-state index contributed by atoms with van der Waals surface area (Å²) in [4.78, 5) is 2.09. The van der Waals surface area contributed by atoms with E-state index in [1.807, 2.05) is 39.3 Å². The Morgan fingerprint density at radius 1 is 1.24 bits per heavy atom. The van der Waals surface area contributed by atoms with E-state index in [0.717, 1.165) is 23.4 Å². The average Bonchev–Trinajstić information content (AvgIpc) is 2.55. The molecule has 0 fully saturated rings. The van der Waals surface area contributed by atoms with Gasteiger partial charge in [0.15, 0.2) is 0 Å². The fourth-order valence-electron chi connectivity index (χ4n) is 1.92. The maximum atomic E-state index is 6.09. The molecule has 90 valence electrons. The van der Waals surface area contributed by atoms with E-state index in [1.165, 1.54) is 0 Å². The molecule has 0 aliphatic carbocycles. The zero-order chi connectivity index (χ0) is 12.4. The lowest BCUT2D eigenvalue weighted by molar-refractivity contribution is 0.395. The van der Waals surface area contributed by atoms with Crippen molar-refractivity contribution < 1.29 is 0 Å². The van der Waals surface area contributed by atoms with Crippen molar-refractivity contribution >= 4 is 5.82 Å². The minimum absolute atomic E-state index is 0.716. The Morgan fingerprint density at radius 2 is 1.88 bits per heavy atom. The van der Waals surface area contributed by atoms with E-state index in [-0.39, 0.29) is 0 Å². The maximum absolute atomic E-state index is 6.09. The molecule has 0 saturated heterocycles. The number of nitrogen functional groups attached to an aromatic ring is 1. The lowest BCUT2D eigenvalue weighted by Gasteiger charge is -2.09. The first-order valence-electron chi connectivity index (χ1n) is 5.61. The number of aromatic nitrogens is 2. The van der Waals surface area contributed by atoms with Gasteiger partial charge in [0.25, 0.3) is 0 Å². The predicted molar refractivity (Wildman–Crippen MR) is 70.4 cm³/mol. The SMILES string of the molecule is CN(C)Cc1nn(C)c(N)c1-c1ccccc1. The molecule has 2 rings (SSSR count). The van der Waals surface area contributed by atoms with Gasteiger partial charge in [0, 0.05) is 19.2 Å². The van der Waals surface area contributed by atoms with Crippen LogP contribution in [-0.4, -0.2) is 28.8 Å². The molecule has 1 aromatic carbocycles. The van der Waals surface area contributed by atoms with Crippen LogP contribution in [0.4, 0.5) is 5.82 Å². The molecule has 2 aromatic rings. The first-order valence-corrected chi connectivity index (χ1v) is 5.61. The molecule has 0 spiro atoms. The molecule has 0 aliphatic rings. The van der Waals surface area contributed by atoms with E-state index in [0.29, 0.717) is 5.82 Å². The van der Waals surface area contributed by atoms with Crippen LogP contribution < -0.4 is 5.73 Å². The predicted octanol–water partition coefficient (Wildman–Crippen LogP) is 1.73. The normalized spacial score (nSPS) is 11.1. The first kappa shape index (κ1) is 11.7. The second-order valence-corrected chi connectivity index (χ2v) is 4.43. The van der Waals surface area contributed by atoms with Crippen LogP contribution in [0.1, 0.15) is 5.69 Å². The number of anilines is 1. The summed E-state index contributed by atoms with van der Waals surface area (Å²) >= 11 is 0. The standard InChI is InChI=1S/C13H18N4/c1-16(2)9-11-12(13(14)17(3)15-11)10-7-5-4-6-8-10/h4-8H,9,14H2,1-3H3. The average molecular weight is 230 g/mol. The van der Waals surface area contributed by atoms with Gasteiger partial charge in [-0.25, -0.2) is 0 Å². The monoisotopic (exact) mass is 230 g/mol. The van der Waals surface area contributed by atoms with E-state index in [2.05, 4.69) is 22.1 Å². The molecule has 0 unspecified atom stereocenters. The van der Waals surface area contributed by atoms with Crippen LogP contribution in [0, 0.1) is 0 Å². The van der Waals surface area contributed by atoms with E-state index >= 15 is 0 Å². The number of nitrogens with zero attached hydrogens (tertiary/aromatic N) is 3. The molecule has 0 atom stereocenters. The second kappa shape index (κ2) is 4.59. The van der Waals surface area contributed by atoms with Crippen molar-refractivity contribution in [1.82, 2.24) is 14.7 Å².